The van der Waals surface area contributed by atoms with Gasteiger partial charge in [-0.2, -0.15) is 0 Å². The molecule has 0 radical (unpaired) electrons. The van der Waals surface area contributed by atoms with Crippen LogP contribution in [-0.4, -0.2) is 118 Å². The average Bonchev–Trinajstić information content (AvgIpc) is 3.63. The van der Waals surface area contributed by atoms with Gasteiger partial charge in [-0.3, -0.25) is 38.5 Å². The lowest BCUT2D eigenvalue weighted by molar-refractivity contribution is -0.151. The summed E-state index contributed by atoms with van der Waals surface area (Å²) in [5.74, 6) is -9.24. The van der Waals surface area contributed by atoms with Crippen LogP contribution in [-0.2, 0) is 40.1 Å². The second kappa shape index (κ2) is 17.9. The van der Waals surface area contributed by atoms with E-state index in [-0.39, 0.29) is 56.2 Å². The summed E-state index contributed by atoms with van der Waals surface area (Å²) in [5, 5.41) is 43.0. The summed E-state index contributed by atoms with van der Waals surface area (Å²) < 4.78 is 22.3. The Bertz CT molecular complexity index is 2610. The molecule has 3 atom stereocenters. The van der Waals surface area contributed by atoms with E-state index in [1.165, 1.54) is 37.3 Å². The van der Waals surface area contributed by atoms with Crippen molar-refractivity contribution in [3.8, 4) is 17.2 Å². The van der Waals surface area contributed by atoms with Gasteiger partial charge < -0.3 is 44.6 Å². The maximum atomic E-state index is 14.1. The molecule has 2 aromatic heterocycles. The minimum Gasteiger partial charge on any atom is -0.482 e. The van der Waals surface area contributed by atoms with Crippen molar-refractivity contribution in [1.82, 2.24) is 35.7 Å². The number of aliphatic carboxylic acids is 3. The molecule has 2 aliphatic rings. The largest absolute Gasteiger partial charge is 0.482 e. The topological polar surface area (TPSA) is 326 Å². The average molecular weight is 882 g/mol. The highest BCUT2D eigenvalue weighted by atomic mass is 32.2. The number of nitrogens with one attached hydrogen (secondary N) is 2. The van der Waals surface area contributed by atoms with Crippen molar-refractivity contribution in [3.05, 3.63) is 74.8 Å². The van der Waals surface area contributed by atoms with E-state index in [1.54, 1.807) is 0 Å². The first-order valence-corrected chi connectivity index (χ1v) is 19.5. The summed E-state index contributed by atoms with van der Waals surface area (Å²) in [7, 11) is 0. The summed E-state index contributed by atoms with van der Waals surface area (Å²) in [4.78, 5) is 115. The highest BCUT2D eigenvalue weighted by Gasteiger charge is 2.54. The Morgan fingerprint density at radius 1 is 0.984 bits per heavy atom. The normalized spacial score (nSPS) is 16.2. The lowest BCUT2D eigenvalue weighted by Crippen LogP contribution is -2.71. The van der Waals surface area contributed by atoms with Crippen molar-refractivity contribution in [3.63, 3.8) is 0 Å². The molecule has 0 bridgehead atoms. The zero-order valence-electron chi connectivity index (χ0n) is 31.7. The highest BCUT2D eigenvalue weighted by Crippen LogP contribution is 2.42. The number of aromatic nitrogens is 4. The highest BCUT2D eigenvalue weighted by molar-refractivity contribution is 8.01. The van der Waals surface area contributed by atoms with E-state index in [0.29, 0.717) is 5.57 Å². The molecule has 3 amide bonds. The Labute approximate surface area is 349 Å². The first-order chi connectivity index (χ1) is 28.9. The Morgan fingerprint density at radius 3 is 2.33 bits per heavy atom. The quantitative estimate of drug-likeness (QED) is 0.0442. The van der Waals surface area contributed by atoms with Gasteiger partial charge in [-0.05, 0) is 52.8 Å². The molecule has 4 heterocycles. The van der Waals surface area contributed by atoms with Gasteiger partial charge in [0.2, 0.25) is 22.2 Å². The molecular weight excluding hydrogens is 851 g/mol. The van der Waals surface area contributed by atoms with Gasteiger partial charge in [0.25, 0.3) is 11.8 Å². The number of amides is 3. The molecule has 0 spiro atoms. The Morgan fingerprint density at radius 2 is 1.69 bits per heavy atom. The van der Waals surface area contributed by atoms with Crippen LogP contribution in [0.25, 0.3) is 11.0 Å². The second-order valence-electron chi connectivity index (χ2n) is 12.9. The molecule has 1 fully saturated rings. The number of nitrogens with zero attached hydrogens (tertiary/aromatic N) is 5. The zero-order valence-corrected chi connectivity index (χ0v) is 33.4. The van der Waals surface area contributed by atoms with E-state index < -0.39 is 94.9 Å². The van der Waals surface area contributed by atoms with Crippen molar-refractivity contribution in [2.45, 2.75) is 49.9 Å². The van der Waals surface area contributed by atoms with Crippen LogP contribution in [0.4, 0.5) is 0 Å². The van der Waals surface area contributed by atoms with Crippen molar-refractivity contribution < 1.29 is 72.3 Å². The van der Waals surface area contributed by atoms with Crippen LogP contribution in [0.1, 0.15) is 41.6 Å². The van der Waals surface area contributed by atoms with Crippen molar-refractivity contribution in [1.29, 1.82) is 0 Å². The van der Waals surface area contributed by atoms with E-state index in [1.807, 2.05) is 0 Å². The van der Waals surface area contributed by atoms with E-state index in [0.717, 1.165) is 53.0 Å². The summed E-state index contributed by atoms with van der Waals surface area (Å²) in [6.45, 7) is 2.17. The van der Waals surface area contributed by atoms with Crippen LogP contribution in [0.15, 0.2) is 62.0 Å². The van der Waals surface area contributed by atoms with Gasteiger partial charge in [0, 0.05) is 25.4 Å². The third kappa shape index (κ3) is 9.31. The minimum atomic E-state index is -1.65. The summed E-state index contributed by atoms with van der Waals surface area (Å²) in [6.07, 6.45) is 0. The smallest absolute Gasteiger partial charge is 0.352 e. The molecule has 4 aromatic rings. The number of carboxylic acids is 3. The Kier molecular flexibility index (Phi) is 12.7. The number of thioether (sulfide) groups is 2. The number of carbonyl (C=O) groups excluding carboxylic acids is 5. The SMILES string of the molecule is CC(=O)Oc1ccc2c(=O)c(C(=O)NC(C(=O)N[C@@H]3C(=O)N4C(C(=O)O)=C(CSc5nnnn5CC(=O)O)CS[C@@H]34)c3ccc(OCC(=O)O)cc3)c(C)oc2c1OC(C)=O. The van der Waals surface area contributed by atoms with Crippen LogP contribution in [0.2, 0.25) is 0 Å². The fourth-order valence-corrected chi connectivity index (χ4v) is 8.54. The number of benzene rings is 2. The lowest BCUT2D eigenvalue weighted by Gasteiger charge is -2.49. The van der Waals surface area contributed by atoms with Gasteiger partial charge >= 0.3 is 29.8 Å². The molecule has 23 nitrogen and oxygen atoms in total. The van der Waals surface area contributed by atoms with E-state index in [9.17, 15) is 48.3 Å². The van der Waals surface area contributed by atoms with Crippen LogP contribution in [0.5, 0.6) is 17.2 Å². The maximum absolute atomic E-state index is 14.1. The number of fused-ring (bicyclic) bond motifs is 2. The number of aryl methyl sites for hydroxylation is 1. The zero-order chi connectivity index (χ0) is 44.3. The standard InChI is InChI=1S/C36H31N7O16S2/c1-14-24(28(50)20-8-9-21(58-15(2)44)30(29(20)57-14)59-16(3)45)31(51)37-25(17-4-6-19(7-5-17)56-11-23(48)49)32(52)38-26-33(53)43-27(35(54)55)18(12-60-34(26)43)13-61-36-39-40-41-42(36)10-22(46)47/h4-9,25-26,34H,10-13H2,1-3H3,(H,37,51)(H,38,52)(H,46,47)(H,48,49)(H,54,55)/t25?,26-,34+/m1/s1. The number of tetrazole rings is 1. The van der Waals surface area contributed by atoms with Crippen molar-refractivity contribution >= 4 is 82.1 Å². The molecule has 2 aliphatic heterocycles. The monoisotopic (exact) mass is 881 g/mol. The summed E-state index contributed by atoms with van der Waals surface area (Å²) >= 11 is 2.09. The van der Waals surface area contributed by atoms with E-state index in [2.05, 4.69) is 26.2 Å². The molecule has 318 valence electrons. The van der Waals surface area contributed by atoms with Crippen LogP contribution >= 0.6 is 23.5 Å². The van der Waals surface area contributed by atoms with E-state index >= 15 is 0 Å². The number of hydrogen-bond acceptors (Lipinski definition) is 18. The van der Waals surface area contributed by atoms with Gasteiger partial charge in [0.15, 0.2) is 17.9 Å². The first kappa shape index (κ1) is 43.3. The van der Waals surface area contributed by atoms with Gasteiger partial charge in [-0.15, -0.1) is 16.9 Å². The first-order valence-electron chi connectivity index (χ1n) is 17.5. The number of carboxylic acid groups (broad SMARTS) is 3. The fourth-order valence-electron chi connectivity index (χ4n) is 6.18. The van der Waals surface area contributed by atoms with Crippen molar-refractivity contribution in [2.75, 3.05) is 18.1 Å². The van der Waals surface area contributed by atoms with Gasteiger partial charge in [-0.1, -0.05) is 23.9 Å². The van der Waals surface area contributed by atoms with Crippen LogP contribution < -0.4 is 30.3 Å². The number of esters is 2. The second-order valence-corrected chi connectivity index (χ2v) is 15.0. The third-order valence-corrected chi connectivity index (χ3v) is 11.1. The van der Waals surface area contributed by atoms with Crippen LogP contribution in [0.3, 0.4) is 0 Å². The number of carbonyl (C=O) groups is 8. The van der Waals surface area contributed by atoms with E-state index in [4.69, 9.17) is 28.8 Å². The predicted octanol–water partition coefficient (Wildman–Crippen LogP) is 0.489. The molecule has 1 saturated heterocycles. The lowest BCUT2D eigenvalue weighted by atomic mass is 10.0. The molecule has 25 heteroatoms. The van der Waals surface area contributed by atoms with Crippen LogP contribution in [0, 0.1) is 6.92 Å². The molecule has 2 aromatic carbocycles. The summed E-state index contributed by atoms with van der Waals surface area (Å²) in [5.41, 5.74) is -1.81. The van der Waals surface area contributed by atoms with Gasteiger partial charge in [-0.25, -0.2) is 14.3 Å². The minimum absolute atomic E-state index is 0.0248. The number of rotatable bonds is 16. The third-order valence-electron chi connectivity index (χ3n) is 8.70. The van der Waals surface area contributed by atoms with Crippen molar-refractivity contribution in [2.24, 2.45) is 0 Å². The molecule has 0 saturated carbocycles. The summed E-state index contributed by atoms with van der Waals surface area (Å²) in [6, 6.07) is 4.67. The Balaban J connectivity index is 1.28. The molecule has 6 rings (SSSR count). The molecule has 61 heavy (non-hydrogen) atoms. The van der Waals surface area contributed by atoms with Gasteiger partial charge in [0.1, 0.15) is 46.8 Å². The number of hydrogen-bond donors (Lipinski definition) is 5. The fraction of sp³-hybridized carbons (Fsp3) is 0.278. The van der Waals surface area contributed by atoms with Gasteiger partial charge in [0.05, 0.1) is 5.39 Å². The Hall–Kier alpha value is -7.28. The maximum Gasteiger partial charge on any atom is 0.352 e. The molecular formula is C36H31N7O16S2. The number of β-lactam (4-membered cyclic amide) rings is 1. The molecule has 0 aliphatic carbocycles. The predicted molar refractivity (Wildman–Crippen MR) is 205 cm³/mol. The molecule has 1 unspecified atom stereocenters. The molecule has 5 N–H and O–H groups in total. The number of ether oxygens (including phenoxy) is 3.